The van der Waals surface area contributed by atoms with Crippen molar-refractivity contribution in [3.63, 3.8) is 0 Å². The molecular formula is C15H12F2N2. The fraction of sp³-hybridized carbons (Fsp3) is 0.133. The van der Waals surface area contributed by atoms with Crippen LogP contribution in [0.4, 0.5) is 8.78 Å². The molecule has 0 aliphatic carbocycles. The first-order valence-electron chi connectivity index (χ1n) is 5.83. The molecule has 4 heteroatoms. The number of rotatable bonds is 4. The lowest BCUT2D eigenvalue weighted by Crippen LogP contribution is -2.13. The fourth-order valence-electron chi connectivity index (χ4n) is 1.74. The van der Waals surface area contributed by atoms with Crippen molar-refractivity contribution in [2.45, 2.75) is 13.1 Å². The highest BCUT2D eigenvalue weighted by Crippen LogP contribution is 2.10. The molecule has 0 atom stereocenters. The monoisotopic (exact) mass is 258 g/mol. The molecule has 0 saturated carbocycles. The van der Waals surface area contributed by atoms with Crippen LogP contribution in [0.25, 0.3) is 0 Å². The van der Waals surface area contributed by atoms with Gasteiger partial charge in [0.05, 0.1) is 5.56 Å². The lowest BCUT2D eigenvalue weighted by molar-refractivity contribution is 0.585. The highest BCUT2D eigenvalue weighted by Gasteiger charge is 2.03. The third kappa shape index (κ3) is 3.36. The van der Waals surface area contributed by atoms with Gasteiger partial charge in [0.2, 0.25) is 0 Å². The van der Waals surface area contributed by atoms with E-state index in [1.54, 1.807) is 30.3 Å². The average Bonchev–Trinajstić information content (AvgIpc) is 2.41. The normalized spacial score (nSPS) is 10.2. The van der Waals surface area contributed by atoms with Crippen LogP contribution < -0.4 is 5.32 Å². The van der Waals surface area contributed by atoms with Gasteiger partial charge in [-0.2, -0.15) is 5.26 Å². The molecule has 2 aromatic carbocycles. The number of hydrogen-bond acceptors (Lipinski definition) is 2. The largest absolute Gasteiger partial charge is 0.309 e. The Hall–Kier alpha value is -2.25. The second-order valence-corrected chi connectivity index (χ2v) is 4.12. The van der Waals surface area contributed by atoms with Crippen LogP contribution in [-0.4, -0.2) is 0 Å². The lowest BCUT2D eigenvalue weighted by Gasteiger charge is -2.06. The summed E-state index contributed by atoms with van der Waals surface area (Å²) in [5.41, 5.74) is 1.31. The van der Waals surface area contributed by atoms with E-state index in [4.69, 9.17) is 5.26 Å². The summed E-state index contributed by atoms with van der Waals surface area (Å²) >= 11 is 0. The Morgan fingerprint density at radius 2 is 1.79 bits per heavy atom. The second-order valence-electron chi connectivity index (χ2n) is 4.12. The molecule has 0 bridgehead atoms. The zero-order chi connectivity index (χ0) is 13.7. The third-order valence-electron chi connectivity index (χ3n) is 2.76. The summed E-state index contributed by atoms with van der Waals surface area (Å²) < 4.78 is 26.7. The summed E-state index contributed by atoms with van der Waals surface area (Å²) in [5.74, 6) is -0.797. The van der Waals surface area contributed by atoms with Crippen LogP contribution in [0, 0.1) is 23.0 Å². The van der Waals surface area contributed by atoms with Crippen molar-refractivity contribution in [3.8, 4) is 6.07 Å². The molecule has 0 fully saturated rings. The Bertz CT molecular complexity index is 618. The third-order valence-corrected chi connectivity index (χ3v) is 2.76. The molecule has 0 radical (unpaired) electrons. The molecular weight excluding hydrogens is 246 g/mol. The van der Waals surface area contributed by atoms with E-state index in [1.807, 2.05) is 0 Å². The summed E-state index contributed by atoms with van der Waals surface area (Å²) in [6, 6.07) is 12.7. The van der Waals surface area contributed by atoms with Crippen LogP contribution in [0.1, 0.15) is 16.7 Å². The van der Waals surface area contributed by atoms with Gasteiger partial charge < -0.3 is 5.32 Å². The molecule has 2 nitrogen and oxygen atoms in total. The van der Waals surface area contributed by atoms with Gasteiger partial charge in [0.1, 0.15) is 17.7 Å². The summed E-state index contributed by atoms with van der Waals surface area (Å²) in [4.78, 5) is 0. The van der Waals surface area contributed by atoms with Crippen molar-refractivity contribution < 1.29 is 8.78 Å². The number of hydrogen-bond donors (Lipinski definition) is 1. The van der Waals surface area contributed by atoms with E-state index in [2.05, 4.69) is 5.32 Å². The number of benzene rings is 2. The molecule has 19 heavy (non-hydrogen) atoms. The molecule has 0 unspecified atom stereocenters. The van der Waals surface area contributed by atoms with Crippen LogP contribution in [0.2, 0.25) is 0 Å². The number of nitriles is 1. The Morgan fingerprint density at radius 3 is 2.47 bits per heavy atom. The van der Waals surface area contributed by atoms with Crippen molar-refractivity contribution >= 4 is 0 Å². The predicted octanol–water partition coefficient (Wildman–Crippen LogP) is 3.13. The zero-order valence-electron chi connectivity index (χ0n) is 10.2. The number of nitrogens with one attached hydrogen (secondary N) is 1. The summed E-state index contributed by atoms with van der Waals surface area (Å²) in [6.07, 6.45) is 0. The van der Waals surface area contributed by atoms with E-state index in [0.29, 0.717) is 24.2 Å². The van der Waals surface area contributed by atoms with Crippen molar-refractivity contribution in [2.75, 3.05) is 0 Å². The Labute approximate surface area is 110 Å². The predicted molar refractivity (Wildman–Crippen MR) is 68.1 cm³/mol. The van der Waals surface area contributed by atoms with Gasteiger partial charge >= 0.3 is 0 Å². The number of halogens is 2. The van der Waals surface area contributed by atoms with Crippen molar-refractivity contribution in [1.29, 1.82) is 5.26 Å². The van der Waals surface area contributed by atoms with Gasteiger partial charge in [-0.3, -0.25) is 0 Å². The molecule has 96 valence electrons. The van der Waals surface area contributed by atoms with E-state index < -0.39 is 5.82 Å². The lowest BCUT2D eigenvalue weighted by atomic mass is 10.1. The van der Waals surface area contributed by atoms with Crippen molar-refractivity contribution in [2.24, 2.45) is 0 Å². The van der Waals surface area contributed by atoms with Crippen molar-refractivity contribution in [1.82, 2.24) is 5.32 Å². The Morgan fingerprint density at radius 1 is 1.00 bits per heavy atom. The van der Waals surface area contributed by atoms with Crippen LogP contribution in [-0.2, 0) is 13.1 Å². The Kier molecular flexibility index (Phi) is 4.22. The van der Waals surface area contributed by atoms with Crippen molar-refractivity contribution in [3.05, 3.63) is 70.8 Å². The highest BCUT2D eigenvalue weighted by atomic mass is 19.1. The maximum absolute atomic E-state index is 13.4. The first-order valence-corrected chi connectivity index (χ1v) is 5.83. The van der Waals surface area contributed by atoms with Gasteiger partial charge in [0, 0.05) is 18.7 Å². The minimum Gasteiger partial charge on any atom is -0.309 e. The van der Waals surface area contributed by atoms with Gasteiger partial charge in [0.15, 0.2) is 0 Å². The van der Waals surface area contributed by atoms with Gasteiger partial charge in [-0.1, -0.05) is 24.3 Å². The topological polar surface area (TPSA) is 35.8 Å². The molecule has 0 heterocycles. The number of nitrogens with zero attached hydrogens (tertiary/aromatic N) is 1. The average molecular weight is 258 g/mol. The maximum atomic E-state index is 13.4. The van der Waals surface area contributed by atoms with E-state index in [0.717, 1.165) is 0 Å². The summed E-state index contributed by atoms with van der Waals surface area (Å²) in [5, 5.41) is 11.7. The molecule has 0 spiro atoms. The fourth-order valence-corrected chi connectivity index (χ4v) is 1.74. The first kappa shape index (κ1) is 13.2. The van der Waals surface area contributed by atoms with Crippen LogP contribution in [0.3, 0.4) is 0 Å². The van der Waals surface area contributed by atoms with Gasteiger partial charge in [-0.15, -0.1) is 0 Å². The Balaban J connectivity index is 1.95. The van der Waals surface area contributed by atoms with E-state index in [-0.39, 0.29) is 11.4 Å². The zero-order valence-corrected chi connectivity index (χ0v) is 10.2. The SMILES string of the molecule is N#Cc1ccc(CNCc2ccccc2F)cc1F. The highest BCUT2D eigenvalue weighted by molar-refractivity contribution is 5.33. The van der Waals surface area contributed by atoms with Gasteiger partial charge in [-0.05, 0) is 23.8 Å². The van der Waals surface area contributed by atoms with Crippen LogP contribution in [0.15, 0.2) is 42.5 Å². The molecule has 2 aromatic rings. The molecule has 0 aliphatic rings. The van der Waals surface area contributed by atoms with Crippen LogP contribution >= 0.6 is 0 Å². The maximum Gasteiger partial charge on any atom is 0.141 e. The van der Waals surface area contributed by atoms with E-state index in [9.17, 15) is 8.78 Å². The molecule has 1 N–H and O–H groups in total. The minimum atomic E-state index is -0.535. The summed E-state index contributed by atoms with van der Waals surface area (Å²) in [7, 11) is 0. The molecule has 0 aliphatic heterocycles. The molecule has 0 amide bonds. The summed E-state index contributed by atoms with van der Waals surface area (Å²) in [6.45, 7) is 0.783. The van der Waals surface area contributed by atoms with E-state index >= 15 is 0 Å². The molecule has 0 aromatic heterocycles. The van der Waals surface area contributed by atoms with Gasteiger partial charge in [-0.25, -0.2) is 8.78 Å². The standard InChI is InChI=1S/C15H12F2N2/c16-14-4-2-1-3-13(14)10-19-9-11-5-6-12(8-18)15(17)7-11/h1-7,19H,9-10H2. The quantitative estimate of drug-likeness (QED) is 0.914. The molecule has 0 saturated heterocycles. The smallest absolute Gasteiger partial charge is 0.141 e. The van der Waals surface area contributed by atoms with Crippen LogP contribution in [0.5, 0.6) is 0 Å². The molecule has 2 rings (SSSR count). The minimum absolute atomic E-state index is 0.0258. The second kappa shape index (κ2) is 6.07. The first-order chi connectivity index (χ1) is 9.20. The van der Waals surface area contributed by atoms with Gasteiger partial charge in [0.25, 0.3) is 0 Å². The van der Waals surface area contributed by atoms with E-state index in [1.165, 1.54) is 18.2 Å².